The standard InChI is InChI=1S/C21H26N6O2/c1-13-24-20(26-25-13)16-11-27(12-17(16)21(29)22-2)19(28)9-5-6-14-10-23-18-8-4-3-7-15(14)18/h3-4,7-8,10,16-17,23H,5-6,9,11-12H2,1-2H3,(H,22,29)(H,24,25,26)/t16-,17-/m1/s1. The van der Waals surface area contributed by atoms with Gasteiger partial charge in [0.2, 0.25) is 11.8 Å². The van der Waals surface area contributed by atoms with Gasteiger partial charge in [0, 0.05) is 43.7 Å². The minimum atomic E-state index is -0.326. The Morgan fingerprint density at radius 1 is 1.28 bits per heavy atom. The van der Waals surface area contributed by atoms with Crippen molar-refractivity contribution >= 4 is 22.7 Å². The van der Waals surface area contributed by atoms with Gasteiger partial charge in [-0.3, -0.25) is 14.7 Å². The first-order valence-corrected chi connectivity index (χ1v) is 10.00. The highest BCUT2D eigenvalue weighted by Gasteiger charge is 2.41. The third-order valence-corrected chi connectivity index (χ3v) is 5.71. The molecule has 3 N–H and O–H groups in total. The van der Waals surface area contributed by atoms with Gasteiger partial charge in [-0.05, 0) is 31.4 Å². The molecule has 2 amide bonds. The van der Waals surface area contributed by atoms with E-state index in [-0.39, 0.29) is 23.7 Å². The van der Waals surface area contributed by atoms with E-state index >= 15 is 0 Å². The van der Waals surface area contributed by atoms with Crippen molar-refractivity contribution in [2.45, 2.75) is 32.1 Å². The predicted octanol–water partition coefficient (Wildman–Crippen LogP) is 1.91. The van der Waals surface area contributed by atoms with Gasteiger partial charge < -0.3 is 15.2 Å². The second kappa shape index (κ2) is 8.06. The molecule has 0 saturated carbocycles. The van der Waals surface area contributed by atoms with Crippen molar-refractivity contribution < 1.29 is 9.59 Å². The maximum absolute atomic E-state index is 12.8. The van der Waals surface area contributed by atoms with Crippen LogP contribution in [0.4, 0.5) is 0 Å². The van der Waals surface area contributed by atoms with Gasteiger partial charge in [-0.2, -0.15) is 5.10 Å². The fourth-order valence-electron chi connectivity index (χ4n) is 4.17. The Balaban J connectivity index is 1.38. The fraction of sp³-hybridized carbons (Fsp3) is 0.429. The normalized spacial score (nSPS) is 19.0. The summed E-state index contributed by atoms with van der Waals surface area (Å²) in [6, 6.07) is 8.19. The van der Waals surface area contributed by atoms with Gasteiger partial charge in [0.05, 0.1) is 11.8 Å². The van der Waals surface area contributed by atoms with Crippen molar-refractivity contribution in [3.05, 3.63) is 47.7 Å². The summed E-state index contributed by atoms with van der Waals surface area (Å²) in [5.41, 5.74) is 2.35. The van der Waals surface area contributed by atoms with E-state index < -0.39 is 0 Å². The molecule has 3 heterocycles. The number of rotatable bonds is 6. The monoisotopic (exact) mass is 394 g/mol. The number of para-hydroxylation sites is 1. The number of amides is 2. The Labute approximate surface area is 169 Å². The Bertz CT molecular complexity index is 1020. The molecule has 3 aromatic rings. The van der Waals surface area contributed by atoms with Crippen LogP contribution in [0.15, 0.2) is 30.5 Å². The van der Waals surface area contributed by atoms with E-state index in [1.54, 1.807) is 11.9 Å². The summed E-state index contributed by atoms with van der Waals surface area (Å²) in [5.74, 6) is 0.801. The summed E-state index contributed by atoms with van der Waals surface area (Å²) in [4.78, 5) is 34.6. The van der Waals surface area contributed by atoms with Crippen LogP contribution >= 0.6 is 0 Å². The Morgan fingerprint density at radius 2 is 2.10 bits per heavy atom. The van der Waals surface area contributed by atoms with Crippen LogP contribution in [-0.2, 0) is 16.0 Å². The van der Waals surface area contributed by atoms with Crippen LogP contribution in [0, 0.1) is 12.8 Å². The van der Waals surface area contributed by atoms with Crippen LogP contribution in [0.25, 0.3) is 10.9 Å². The molecule has 1 fully saturated rings. The molecule has 1 aliphatic rings. The van der Waals surface area contributed by atoms with Crippen molar-refractivity contribution in [2.75, 3.05) is 20.1 Å². The molecular formula is C21H26N6O2. The number of fused-ring (bicyclic) bond motifs is 1. The van der Waals surface area contributed by atoms with E-state index in [4.69, 9.17) is 0 Å². The van der Waals surface area contributed by atoms with Gasteiger partial charge >= 0.3 is 0 Å². The third kappa shape index (κ3) is 3.87. The molecule has 0 spiro atoms. The highest BCUT2D eigenvalue weighted by molar-refractivity contribution is 5.84. The van der Waals surface area contributed by atoms with Crippen molar-refractivity contribution in [1.82, 2.24) is 30.4 Å². The molecule has 152 valence electrons. The summed E-state index contributed by atoms with van der Waals surface area (Å²) < 4.78 is 0. The number of carbonyl (C=O) groups excluding carboxylic acids is 2. The molecule has 1 aliphatic heterocycles. The molecule has 0 aliphatic carbocycles. The third-order valence-electron chi connectivity index (χ3n) is 5.71. The number of aromatic nitrogens is 4. The minimum Gasteiger partial charge on any atom is -0.361 e. The summed E-state index contributed by atoms with van der Waals surface area (Å²) in [5, 5.41) is 11.0. The van der Waals surface area contributed by atoms with Gasteiger partial charge in [0.25, 0.3) is 0 Å². The van der Waals surface area contributed by atoms with E-state index in [2.05, 4.69) is 37.6 Å². The number of aryl methyl sites for hydroxylation is 2. The van der Waals surface area contributed by atoms with E-state index in [0.29, 0.717) is 31.2 Å². The van der Waals surface area contributed by atoms with Crippen molar-refractivity contribution in [2.24, 2.45) is 5.92 Å². The van der Waals surface area contributed by atoms with Gasteiger partial charge in [-0.25, -0.2) is 4.98 Å². The molecular weight excluding hydrogens is 368 g/mol. The number of nitrogens with one attached hydrogen (secondary N) is 3. The number of benzene rings is 1. The van der Waals surface area contributed by atoms with Crippen LogP contribution < -0.4 is 5.32 Å². The number of H-pyrrole nitrogens is 2. The molecule has 2 aromatic heterocycles. The predicted molar refractivity (Wildman–Crippen MR) is 109 cm³/mol. The fourth-order valence-corrected chi connectivity index (χ4v) is 4.17. The highest BCUT2D eigenvalue weighted by atomic mass is 16.2. The maximum Gasteiger partial charge on any atom is 0.225 e. The van der Waals surface area contributed by atoms with E-state index in [9.17, 15) is 9.59 Å². The van der Waals surface area contributed by atoms with Crippen molar-refractivity contribution in [3.8, 4) is 0 Å². The van der Waals surface area contributed by atoms with Gasteiger partial charge in [-0.1, -0.05) is 18.2 Å². The van der Waals surface area contributed by atoms with Crippen LogP contribution in [0.5, 0.6) is 0 Å². The molecule has 1 aromatic carbocycles. The summed E-state index contributed by atoms with van der Waals surface area (Å²) in [6.45, 7) is 2.71. The quantitative estimate of drug-likeness (QED) is 0.594. The summed E-state index contributed by atoms with van der Waals surface area (Å²) in [6.07, 6.45) is 4.09. The van der Waals surface area contributed by atoms with E-state index in [1.807, 2.05) is 25.3 Å². The topological polar surface area (TPSA) is 107 Å². The van der Waals surface area contributed by atoms with E-state index in [0.717, 1.165) is 18.4 Å². The summed E-state index contributed by atoms with van der Waals surface area (Å²) in [7, 11) is 1.62. The van der Waals surface area contributed by atoms with Crippen molar-refractivity contribution in [3.63, 3.8) is 0 Å². The van der Waals surface area contributed by atoms with Crippen LogP contribution in [0.1, 0.15) is 36.0 Å². The molecule has 0 radical (unpaired) electrons. The SMILES string of the molecule is CNC(=O)[C@@H]1CN(C(=O)CCCc2c[nH]c3ccccc23)C[C@H]1c1n[nH]c(C)n1. The first kappa shape index (κ1) is 19.2. The van der Waals surface area contributed by atoms with Gasteiger partial charge in [0.15, 0.2) is 5.82 Å². The molecule has 4 rings (SSSR count). The van der Waals surface area contributed by atoms with Crippen LogP contribution in [0.2, 0.25) is 0 Å². The van der Waals surface area contributed by atoms with Gasteiger partial charge in [-0.15, -0.1) is 0 Å². The molecule has 29 heavy (non-hydrogen) atoms. The number of hydrogen-bond donors (Lipinski definition) is 3. The lowest BCUT2D eigenvalue weighted by Crippen LogP contribution is -2.33. The zero-order chi connectivity index (χ0) is 20.4. The van der Waals surface area contributed by atoms with Crippen LogP contribution in [0.3, 0.4) is 0 Å². The minimum absolute atomic E-state index is 0.0773. The average Bonchev–Trinajstić information content (AvgIpc) is 3.45. The second-order valence-corrected chi connectivity index (χ2v) is 7.62. The maximum atomic E-state index is 12.8. The molecule has 0 bridgehead atoms. The first-order valence-electron chi connectivity index (χ1n) is 10.00. The number of nitrogens with zero attached hydrogens (tertiary/aromatic N) is 3. The lowest BCUT2D eigenvalue weighted by molar-refractivity contribution is -0.130. The lowest BCUT2D eigenvalue weighted by Gasteiger charge is -2.16. The second-order valence-electron chi connectivity index (χ2n) is 7.62. The molecule has 1 saturated heterocycles. The lowest BCUT2D eigenvalue weighted by atomic mass is 9.94. The number of likely N-dealkylation sites (tertiary alicyclic amines) is 1. The highest BCUT2D eigenvalue weighted by Crippen LogP contribution is 2.31. The summed E-state index contributed by atoms with van der Waals surface area (Å²) >= 11 is 0. The largest absolute Gasteiger partial charge is 0.361 e. The van der Waals surface area contributed by atoms with Gasteiger partial charge in [0.1, 0.15) is 5.82 Å². The Morgan fingerprint density at radius 3 is 2.86 bits per heavy atom. The average molecular weight is 394 g/mol. The van der Waals surface area contributed by atoms with Crippen LogP contribution in [-0.4, -0.2) is 57.0 Å². The van der Waals surface area contributed by atoms with Crippen molar-refractivity contribution in [1.29, 1.82) is 0 Å². The number of hydrogen-bond acceptors (Lipinski definition) is 4. The molecule has 8 heteroatoms. The van der Waals surface area contributed by atoms with E-state index in [1.165, 1.54) is 10.9 Å². The number of carbonyl (C=O) groups is 2. The zero-order valence-corrected chi connectivity index (χ0v) is 16.7. The zero-order valence-electron chi connectivity index (χ0n) is 16.7. The smallest absolute Gasteiger partial charge is 0.225 e. The molecule has 2 atom stereocenters. The Hall–Kier alpha value is -3.16. The Kier molecular flexibility index (Phi) is 5.33. The first-order chi connectivity index (χ1) is 14.1. The molecule has 0 unspecified atom stereocenters. The number of aromatic amines is 2. The molecule has 8 nitrogen and oxygen atoms in total.